The minimum absolute atomic E-state index is 0.0278. The average Bonchev–Trinajstić information content (AvgIpc) is 2.85. The lowest BCUT2D eigenvalue weighted by atomic mass is 10.0. The molecular weight excluding hydrogens is 502 g/mol. The van der Waals surface area contributed by atoms with Crippen LogP contribution >= 0.6 is 11.8 Å². The zero-order valence-corrected chi connectivity index (χ0v) is 20.5. The van der Waals surface area contributed by atoms with Gasteiger partial charge in [0.25, 0.3) is 5.91 Å². The first kappa shape index (κ1) is 24.0. The number of β-lactam (4-membered cyclic amide) rings is 1. The number of carbonyl (C=O) groups is 3. The summed E-state index contributed by atoms with van der Waals surface area (Å²) in [4.78, 5) is 43.5. The van der Waals surface area contributed by atoms with Crippen LogP contribution in [0.3, 0.4) is 0 Å². The molecule has 0 aliphatic carbocycles. The molecule has 11 heteroatoms. The van der Waals surface area contributed by atoms with Gasteiger partial charge in [-0.15, -0.1) is 11.8 Å². The summed E-state index contributed by atoms with van der Waals surface area (Å²) < 4.78 is 26.3. The number of hydrogen-bond acceptors (Lipinski definition) is 7. The number of carboxylic acids is 1. The highest BCUT2D eigenvalue weighted by Crippen LogP contribution is 2.39. The van der Waals surface area contributed by atoms with Crippen LogP contribution in [0.1, 0.15) is 5.56 Å². The van der Waals surface area contributed by atoms with Gasteiger partial charge in [-0.25, -0.2) is 13.2 Å². The van der Waals surface area contributed by atoms with Crippen molar-refractivity contribution in [1.29, 1.82) is 0 Å². The van der Waals surface area contributed by atoms with Gasteiger partial charge >= 0.3 is 5.97 Å². The lowest BCUT2D eigenvalue weighted by Gasteiger charge is -2.49. The number of aromatic nitrogens is 1. The maximum Gasteiger partial charge on any atom is 0.352 e. The molecular formula is C25H21N3O6S2. The Morgan fingerprint density at radius 1 is 1.08 bits per heavy atom. The summed E-state index contributed by atoms with van der Waals surface area (Å²) in [6.07, 6.45) is 1.62. The summed E-state index contributed by atoms with van der Waals surface area (Å²) in [6, 6.07) is 16.8. The van der Waals surface area contributed by atoms with E-state index in [0.717, 1.165) is 20.7 Å². The molecule has 0 unspecified atom stereocenters. The molecule has 2 atom stereocenters. The molecule has 0 saturated carbocycles. The number of nitrogens with one attached hydrogen (secondary N) is 1. The van der Waals surface area contributed by atoms with Gasteiger partial charge in [-0.05, 0) is 23.3 Å². The molecule has 36 heavy (non-hydrogen) atoms. The molecule has 1 saturated heterocycles. The van der Waals surface area contributed by atoms with Crippen molar-refractivity contribution in [3.8, 4) is 0 Å². The van der Waals surface area contributed by atoms with E-state index in [9.17, 15) is 27.9 Å². The Morgan fingerprint density at radius 3 is 2.58 bits per heavy atom. The predicted molar refractivity (Wildman–Crippen MR) is 134 cm³/mol. The van der Waals surface area contributed by atoms with Crippen LogP contribution < -0.4 is 5.32 Å². The van der Waals surface area contributed by atoms with Crippen LogP contribution in [0, 0.1) is 0 Å². The molecule has 0 bridgehead atoms. The van der Waals surface area contributed by atoms with Crippen LogP contribution in [0.15, 0.2) is 83.0 Å². The van der Waals surface area contributed by atoms with Gasteiger partial charge in [0.1, 0.15) is 11.7 Å². The monoisotopic (exact) mass is 523 g/mol. The van der Waals surface area contributed by atoms with E-state index in [1.807, 2.05) is 24.3 Å². The van der Waals surface area contributed by atoms with E-state index in [-0.39, 0.29) is 23.4 Å². The van der Waals surface area contributed by atoms with Gasteiger partial charge in [-0.1, -0.05) is 48.5 Å². The van der Waals surface area contributed by atoms with Crippen LogP contribution in [0.4, 0.5) is 0 Å². The third-order valence-electron chi connectivity index (χ3n) is 6.09. The number of para-hydroxylation sites is 1. The number of pyridine rings is 1. The van der Waals surface area contributed by atoms with Gasteiger partial charge in [0, 0.05) is 22.2 Å². The highest BCUT2D eigenvalue weighted by molar-refractivity contribution is 7.99. The third kappa shape index (κ3) is 4.35. The molecule has 5 rings (SSSR count). The molecule has 2 N–H and O–H groups in total. The van der Waals surface area contributed by atoms with Crippen molar-refractivity contribution in [1.82, 2.24) is 15.2 Å². The average molecular weight is 524 g/mol. The number of benzene rings is 2. The summed E-state index contributed by atoms with van der Waals surface area (Å²) in [5.74, 6) is -3.11. The Hall–Kier alpha value is -3.70. The second-order valence-electron chi connectivity index (χ2n) is 8.49. The zero-order chi connectivity index (χ0) is 25.4. The molecule has 184 valence electrons. The summed E-state index contributed by atoms with van der Waals surface area (Å²) >= 11 is 1.26. The van der Waals surface area contributed by atoms with Crippen molar-refractivity contribution in [3.63, 3.8) is 0 Å². The van der Waals surface area contributed by atoms with E-state index in [0.29, 0.717) is 5.56 Å². The van der Waals surface area contributed by atoms with Crippen molar-refractivity contribution in [2.24, 2.45) is 0 Å². The number of aliphatic carboxylic acids is 1. The molecule has 1 fully saturated rings. The van der Waals surface area contributed by atoms with Crippen LogP contribution in [0.2, 0.25) is 0 Å². The Bertz CT molecular complexity index is 1520. The van der Waals surface area contributed by atoms with Gasteiger partial charge in [-0.3, -0.25) is 19.5 Å². The number of carboxylic acid groups (broad SMARTS) is 1. The van der Waals surface area contributed by atoms with E-state index in [4.69, 9.17) is 0 Å². The number of amides is 2. The fourth-order valence-corrected chi connectivity index (χ4v) is 7.70. The molecule has 1 aromatic heterocycles. The number of carbonyl (C=O) groups excluding carboxylic acids is 2. The number of fused-ring (bicyclic) bond motifs is 2. The van der Waals surface area contributed by atoms with Crippen molar-refractivity contribution in [2.75, 3.05) is 11.5 Å². The minimum atomic E-state index is -3.95. The molecule has 3 heterocycles. The lowest BCUT2D eigenvalue weighted by Crippen LogP contribution is -2.74. The van der Waals surface area contributed by atoms with Gasteiger partial charge in [0.2, 0.25) is 5.91 Å². The number of rotatable bonds is 7. The number of sulfone groups is 1. The second-order valence-corrected chi connectivity index (χ2v) is 11.6. The van der Waals surface area contributed by atoms with Crippen LogP contribution in [-0.2, 0) is 30.6 Å². The fourth-order valence-electron chi connectivity index (χ4n) is 4.50. The van der Waals surface area contributed by atoms with E-state index >= 15 is 0 Å². The van der Waals surface area contributed by atoms with E-state index < -0.39 is 44.8 Å². The Morgan fingerprint density at radius 2 is 1.83 bits per heavy atom. The number of hydrogen-bond donors (Lipinski definition) is 2. The molecule has 0 radical (unpaired) electrons. The fraction of sp³-hybridized carbons (Fsp3) is 0.200. The maximum absolute atomic E-state index is 13.1. The quantitative estimate of drug-likeness (QED) is 0.355. The normalized spacial score (nSPS) is 20.6. The lowest BCUT2D eigenvalue weighted by molar-refractivity contribution is -0.151. The molecule has 9 nitrogen and oxygen atoms in total. The SMILES string of the molecule is O=C(Cc1ccccc1)N[C@@H]1C(=O)N2C(C(=O)O)=C(CSc3cccc4cccnc34)CS(=O)(=O)[C@H]12. The van der Waals surface area contributed by atoms with Crippen LogP contribution in [-0.4, -0.2) is 64.1 Å². The standard InChI is InChI=1S/C25H21N3O6S2/c29-19(12-15-6-2-1-3-7-15)27-21-23(30)28-22(25(31)32)17(14-36(33,34)24(21)28)13-35-18-10-4-8-16-9-5-11-26-20(16)18/h1-11,21,24H,12-14H2,(H,27,29)(H,31,32)/t21-,24-/m1/s1. The predicted octanol–water partition coefficient (Wildman–Crippen LogP) is 1.99. The molecule has 2 aliphatic heterocycles. The van der Waals surface area contributed by atoms with Crippen LogP contribution in [0.25, 0.3) is 10.9 Å². The van der Waals surface area contributed by atoms with Crippen molar-refractivity contribution in [3.05, 3.63) is 83.7 Å². The van der Waals surface area contributed by atoms with Crippen molar-refractivity contribution in [2.45, 2.75) is 22.7 Å². The van der Waals surface area contributed by atoms with Gasteiger partial charge < -0.3 is 10.4 Å². The molecule has 0 spiro atoms. The Balaban J connectivity index is 1.38. The summed E-state index contributed by atoms with van der Waals surface area (Å²) in [6.45, 7) is 0. The first-order valence-electron chi connectivity index (χ1n) is 11.1. The van der Waals surface area contributed by atoms with E-state index in [2.05, 4.69) is 10.3 Å². The maximum atomic E-state index is 13.1. The van der Waals surface area contributed by atoms with E-state index in [1.54, 1.807) is 42.6 Å². The summed E-state index contributed by atoms with van der Waals surface area (Å²) in [7, 11) is -3.95. The first-order valence-corrected chi connectivity index (χ1v) is 13.8. The molecule has 3 aromatic rings. The topological polar surface area (TPSA) is 134 Å². The Labute approximate surface area is 211 Å². The highest BCUT2D eigenvalue weighted by atomic mass is 32.2. The smallest absolute Gasteiger partial charge is 0.352 e. The highest BCUT2D eigenvalue weighted by Gasteiger charge is 2.60. The number of nitrogens with zero attached hydrogens (tertiary/aromatic N) is 2. The van der Waals surface area contributed by atoms with Gasteiger partial charge in [-0.2, -0.15) is 0 Å². The second kappa shape index (κ2) is 9.40. The zero-order valence-electron chi connectivity index (χ0n) is 18.8. The third-order valence-corrected chi connectivity index (χ3v) is 9.19. The van der Waals surface area contributed by atoms with Gasteiger partial charge in [0.05, 0.1) is 17.7 Å². The first-order chi connectivity index (χ1) is 17.3. The molecule has 2 amide bonds. The molecule has 2 aromatic carbocycles. The van der Waals surface area contributed by atoms with E-state index in [1.165, 1.54) is 11.8 Å². The van der Waals surface area contributed by atoms with Crippen LogP contribution in [0.5, 0.6) is 0 Å². The summed E-state index contributed by atoms with van der Waals surface area (Å²) in [5, 5.41) is 11.8. The van der Waals surface area contributed by atoms with Crippen molar-refractivity contribution >= 4 is 50.3 Å². The van der Waals surface area contributed by atoms with Gasteiger partial charge in [0.15, 0.2) is 15.2 Å². The van der Waals surface area contributed by atoms with Crippen molar-refractivity contribution < 1.29 is 27.9 Å². The largest absolute Gasteiger partial charge is 0.477 e. The summed E-state index contributed by atoms with van der Waals surface area (Å²) in [5.41, 5.74) is 1.21. The Kier molecular flexibility index (Phi) is 6.27. The number of thioether (sulfide) groups is 1. The minimum Gasteiger partial charge on any atom is -0.477 e. The molecule has 2 aliphatic rings.